The SMILES string of the molecule is C=CP1(=O)CCCc2ccccc21. The number of hydrogen-bond donors (Lipinski definition) is 0. The van der Waals surface area contributed by atoms with Gasteiger partial charge in [0.25, 0.3) is 0 Å². The molecular formula is C11H13OP. The average molecular weight is 192 g/mol. The number of fused-ring (bicyclic) bond motifs is 1. The molecule has 0 radical (unpaired) electrons. The zero-order valence-electron chi connectivity index (χ0n) is 7.57. The molecule has 13 heavy (non-hydrogen) atoms. The summed E-state index contributed by atoms with van der Waals surface area (Å²) in [5.74, 6) is 1.66. The van der Waals surface area contributed by atoms with Gasteiger partial charge in [-0.25, -0.2) is 0 Å². The number of benzene rings is 1. The Balaban J connectivity index is 2.61. The smallest absolute Gasteiger partial charge is 0.136 e. The quantitative estimate of drug-likeness (QED) is 0.625. The van der Waals surface area contributed by atoms with Crippen LogP contribution in [0.3, 0.4) is 0 Å². The van der Waals surface area contributed by atoms with Crippen LogP contribution in [0.1, 0.15) is 12.0 Å². The van der Waals surface area contributed by atoms with Crippen LogP contribution in [0.15, 0.2) is 36.7 Å². The van der Waals surface area contributed by atoms with Crippen LogP contribution in [-0.4, -0.2) is 6.16 Å². The first-order chi connectivity index (χ1) is 6.26. The fraction of sp³-hybridized carbons (Fsp3) is 0.273. The lowest BCUT2D eigenvalue weighted by Crippen LogP contribution is -2.17. The summed E-state index contributed by atoms with van der Waals surface area (Å²) in [6.45, 7) is 3.69. The van der Waals surface area contributed by atoms with Gasteiger partial charge in [-0.15, -0.1) is 0 Å². The molecular weight excluding hydrogens is 179 g/mol. The molecule has 68 valence electrons. The van der Waals surface area contributed by atoms with Crippen LogP contribution in [0.2, 0.25) is 0 Å². The molecule has 1 atom stereocenters. The predicted octanol–water partition coefficient (Wildman–Crippen LogP) is 2.76. The molecule has 1 heterocycles. The lowest BCUT2D eigenvalue weighted by Gasteiger charge is -2.22. The molecule has 0 amide bonds. The molecule has 0 N–H and O–H groups in total. The Morgan fingerprint density at radius 2 is 2.15 bits per heavy atom. The van der Waals surface area contributed by atoms with Crippen LogP contribution in [-0.2, 0) is 11.0 Å². The van der Waals surface area contributed by atoms with Crippen molar-refractivity contribution < 1.29 is 4.57 Å². The fourth-order valence-corrected chi connectivity index (χ4v) is 4.16. The number of hydrogen-bond acceptors (Lipinski definition) is 1. The maximum absolute atomic E-state index is 12.3. The van der Waals surface area contributed by atoms with E-state index in [1.165, 1.54) is 5.56 Å². The van der Waals surface area contributed by atoms with Crippen molar-refractivity contribution in [1.29, 1.82) is 0 Å². The van der Waals surface area contributed by atoms with Crippen molar-refractivity contribution in [3.63, 3.8) is 0 Å². The summed E-state index contributed by atoms with van der Waals surface area (Å²) >= 11 is 0. The molecule has 1 nitrogen and oxygen atoms in total. The fourth-order valence-electron chi connectivity index (χ4n) is 1.91. The van der Waals surface area contributed by atoms with Crippen LogP contribution in [0.4, 0.5) is 0 Å². The molecule has 1 aromatic carbocycles. The Morgan fingerprint density at radius 1 is 1.38 bits per heavy atom. The van der Waals surface area contributed by atoms with E-state index in [2.05, 4.69) is 12.6 Å². The lowest BCUT2D eigenvalue weighted by molar-refractivity contribution is 0.583. The van der Waals surface area contributed by atoms with E-state index < -0.39 is 7.14 Å². The molecule has 1 aromatic rings. The summed E-state index contributed by atoms with van der Waals surface area (Å²) in [4.78, 5) is 0. The summed E-state index contributed by atoms with van der Waals surface area (Å²) < 4.78 is 12.3. The Labute approximate surface area is 78.9 Å². The van der Waals surface area contributed by atoms with Crippen molar-refractivity contribution in [3.05, 3.63) is 42.2 Å². The molecule has 1 aliphatic rings. The van der Waals surface area contributed by atoms with E-state index in [1.807, 2.05) is 18.2 Å². The molecule has 0 fully saturated rings. The van der Waals surface area contributed by atoms with Crippen molar-refractivity contribution in [3.8, 4) is 0 Å². The van der Waals surface area contributed by atoms with Gasteiger partial charge in [0, 0.05) is 11.5 Å². The standard InChI is InChI=1S/C11H13OP/c1-2-13(12)9-5-7-10-6-3-4-8-11(10)13/h2-4,6,8H,1,5,7,9H2. The Bertz CT molecular complexity index is 381. The summed E-state index contributed by atoms with van der Waals surface area (Å²) in [5.41, 5.74) is 1.25. The molecule has 0 saturated carbocycles. The van der Waals surface area contributed by atoms with Crippen LogP contribution in [0.25, 0.3) is 0 Å². The van der Waals surface area contributed by atoms with Gasteiger partial charge in [0.05, 0.1) is 0 Å². The number of aryl methyl sites for hydroxylation is 1. The normalized spacial score (nSPS) is 26.5. The van der Waals surface area contributed by atoms with Crippen molar-refractivity contribution in [2.45, 2.75) is 12.8 Å². The lowest BCUT2D eigenvalue weighted by atomic mass is 10.1. The van der Waals surface area contributed by atoms with E-state index in [4.69, 9.17) is 0 Å². The van der Waals surface area contributed by atoms with Crippen molar-refractivity contribution in [2.24, 2.45) is 0 Å². The molecule has 0 spiro atoms. The highest BCUT2D eigenvalue weighted by Gasteiger charge is 2.26. The summed E-state index contributed by atoms with van der Waals surface area (Å²) in [7, 11) is -2.22. The van der Waals surface area contributed by atoms with Gasteiger partial charge in [0.2, 0.25) is 0 Å². The van der Waals surface area contributed by atoms with E-state index in [1.54, 1.807) is 5.82 Å². The topological polar surface area (TPSA) is 17.1 Å². The van der Waals surface area contributed by atoms with E-state index in [0.29, 0.717) is 0 Å². The third-order valence-electron chi connectivity index (χ3n) is 2.63. The highest BCUT2D eigenvalue weighted by Crippen LogP contribution is 2.49. The van der Waals surface area contributed by atoms with Gasteiger partial charge in [0.15, 0.2) is 0 Å². The third kappa shape index (κ3) is 1.38. The minimum absolute atomic E-state index is 0.799. The van der Waals surface area contributed by atoms with Gasteiger partial charge >= 0.3 is 0 Å². The largest absolute Gasteiger partial charge is 0.314 e. The molecule has 2 heteroatoms. The van der Waals surface area contributed by atoms with E-state index >= 15 is 0 Å². The molecule has 2 rings (SSSR count). The van der Waals surface area contributed by atoms with Crippen LogP contribution < -0.4 is 5.30 Å². The van der Waals surface area contributed by atoms with E-state index in [-0.39, 0.29) is 0 Å². The maximum Gasteiger partial charge on any atom is 0.136 e. The minimum atomic E-state index is -2.22. The van der Waals surface area contributed by atoms with Crippen molar-refractivity contribution in [2.75, 3.05) is 6.16 Å². The molecule has 0 aromatic heterocycles. The summed E-state index contributed by atoms with van der Waals surface area (Å²) in [6, 6.07) is 8.03. The van der Waals surface area contributed by atoms with Gasteiger partial charge in [0.1, 0.15) is 7.14 Å². The monoisotopic (exact) mass is 192 g/mol. The van der Waals surface area contributed by atoms with Gasteiger partial charge < -0.3 is 4.57 Å². The summed E-state index contributed by atoms with van der Waals surface area (Å²) in [5, 5.41) is 1.04. The zero-order valence-corrected chi connectivity index (χ0v) is 8.47. The van der Waals surface area contributed by atoms with Crippen LogP contribution in [0, 0.1) is 0 Å². The maximum atomic E-state index is 12.3. The van der Waals surface area contributed by atoms with E-state index in [0.717, 1.165) is 24.3 Å². The summed E-state index contributed by atoms with van der Waals surface area (Å²) in [6.07, 6.45) is 2.89. The van der Waals surface area contributed by atoms with E-state index in [9.17, 15) is 4.57 Å². The average Bonchev–Trinajstić information content (AvgIpc) is 2.19. The second-order valence-corrected chi connectivity index (χ2v) is 6.32. The molecule has 0 bridgehead atoms. The molecule has 1 aliphatic heterocycles. The third-order valence-corrected chi connectivity index (χ3v) is 5.45. The van der Waals surface area contributed by atoms with Gasteiger partial charge in [-0.05, 0) is 24.2 Å². The highest BCUT2D eigenvalue weighted by atomic mass is 31.2. The van der Waals surface area contributed by atoms with Gasteiger partial charge in [-0.2, -0.15) is 0 Å². The molecule has 0 aliphatic carbocycles. The molecule has 0 saturated heterocycles. The Hall–Kier alpha value is -0.810. The van der Waals surface area contributed by atoms with Crippen LogP contribution >= 0.6 is 7.14 Å². The first-order valence-electron chi connectivity index (χ1n) is 4.57. The second kappa shape index (κ2) is 3.16. The zero-order chi connectivity index (χ0) is 9.31. The Kier molecular flexibility index (Phi) is 2.13. The van der Waals surface area contributed by atoms with Crippen molar-refractivity contribution in [1.82, 2.24) is 0 Å². The highest BCUT2D eigenvalue weighted by molar-refractivity contribution is 7.74. The molecule has 1 unspecified atom stereocenters. The predicted molar refractivity (Wildman–Crippen MR) is 57.1 cm³/mol. The second-order valence-electron chi connectivity index (χ2n) is 3.43. The van der Waals surface area contributed by atoms with Crippen molar-refractivity contribution >= 4 is 12.4 Å². The first-order valence-corrected chi connectivity index (χ1v) is 6.53. The minimum Gasteiger partial charge on any atom is -0.314 e. The first kappa shape index (κ1) is 8.77. The number of rotatable bonds is 1. The van der Waals surface area contributed by atoms with Gasteiger partial charge in [-0.1, -0.05) is 30.8 Å². The van der Waals surface area contributed by atoms with Gasteiger partial charge in [-0.3, -0.25) is 0 Å². The van der Waals surface area contributed by atoms with Crippen LogP contribution in [0.5, 0.6) is 0 Å². The Morgan fingerprint density at radius 3 is 2.92 bits per heavy atom.